The zero-order chi connectivity index (χ0) is 20.7. The lowest BCUT2D eigenvalue weighted by Gasteiger charge is -2.35. The standard InChI is InChI=1S/C26H22BrNO2/c1-2-14-30-23-13-11-17(27)15-20(23)26-25-19(8-5-9-22(25)29)24-18-7-4-3-6-16(18)10-12-21(24)28-26/h2-4,6-7,10-13,15,26,28H,1,5,8-9,14H2/t26-/m1/s1. The Morgan fingerprint density at radius 2 is 2.00 bits per heavy atom. The summed E-state index contributed by atoms with van der Waals surface area (Å²) in [4.78, 5) is 13.2. The fourth-order valence-corrected chi connectivity index (χ4v) is 5.04. The van der Waals surface area contributed by atoms with Crippen molar-refractivity contribution < 1.29 is 9.53 Å². The number of nitrogens with one attached hydrogen (secondary N) is 1. The van der Waals surface area contributed by atoms with Gasteiger partial charge in [0.25, 0.3) is 0 Å². The molecule has 0 fully saturated rings. The molecule has 2 aliphatic rings. The van der Waals surface area contributed by atoms with Crippen LogP contribution >= 0.6 is 15.9 Å². The number of fused-ring (bicyclic) bond motifs is 4. The van der Waals surface area contributed by atoms with Crippen LogP contribution in [0.5, 0.6) is 5.75 Å². The highest BCUT2D eigenvalue weighted by molar-refractivity contribution is 9.10. The van der Waals surface area contributed by atoms with Gasteiger partial charge in [0, 0.05) is 33.3 Å². The quantitative estimate of drug-likeness (QED) is 0.433. The number of halogens is 1. The Bertz CT molecular complexity index is 1210. The molecule has 4 heteroatoms. The summed E-state index contributed by atoms with van der Waals surface area (Å²) in [7, 11) is 0. The van der Waals surface area contributed by atoms with Crippen LogP contribution in [0.1, 0.15) is 36.4 Å². The zero-order valence-corrected chi connectivity index (χ0v) is 18.2. The molecule has 1 aliphatic carbocycles. The number of carbonyl (C=O) groups is 1. The number of carbonyl (C=O) groups excluding carboxylic acids is 1. The topological polar surface area (TPSA) is 38.3 Å². The van der Waals surface area contributed by atoms with E-state index in [0.717, 1.165) is 39.9 Å². The van der Waals surface area contributed by atoms with Gasteiger partial charge in [0.1, 0.15) is 12.4 Å². The molecule has 0 aromatic heterocycles. The van der Waals surface area contributed by atoms with Crippen molar-refractivity contribution in [3.05, 3.63) is 88.4 Å². The highest BCUT2D eigenvalue weighted by Gasteiger charge is 2.36. The molecule has 0 saturated carbocycles. The molecule has 3 aromatic rings. The van der Waals surface area contributed by atoms with Gasteiger partial charge in [-0.05, 0) is 53.5 Å². The van der Waals surface area contributed by atoms with Gasteiger partial charge in [-0.25, -0.2) is 0 Å². The van der Waals surface area contributed by atoms with E-state index in [1.807, 2.05) is 12.1 Å². The number of benzene rings is 3. The minimum Gasteiger partial charge on any atom is -0.489 e. The van der Waals surface area contributed by atoms with Gasteiger partial charge in [0.2, 0.25) is 0 Å². The third-order valence-electron chi connectivity index (χ3n) is 5.91. The maximum Gasteiger partial charge on any atom is 0.161 e. The van der Waals surface area contributed by atoms with Gasteiger partial charge in [0.15, 0.2) is 5.78 Å². The van der Waals surface area contributed by atoms with Gasteiger partial charge < -0.3 is 10.1 Å². The van der Waals surface area contributed by atoms with Crippen LogP contribution in [0.3, 0.4) is 0 Å². The second kappa shape index (κ2) is 7.77. The minimum atomic E-state index is -0.237. The predicted molar refractivity (Wildman–Crippen MR) is 126 cm³/mol. The van der Waals surface area contributed by atoms with Crippen LogP contribution in [0.4, 0.5) is 5.69 Å². The second-order valence-corrected chi connectivity index (χ2v) is 8.65. The molecule has 0 unspecified atom stereocenters. The lowest BCUT2D eigenvalue weighted by molar-refractivity contribution is -0.116. The van der Waals surface area contributed by atoms with Gasteiger partial charge >= 0.3 is 0 Å². The van der Waals surface area contributed by atoms with Crippen molar-refractivity contribution in [1.82, 2.24) is 0 Å². The molecule has 1 N–H and O–H groups in total. The first-order valence-electron chi connectivity index (χ1n) is 10.3. The fraction of sp³-hybridized carbons (Fsp3) is 0.192. The summed E-state index contributed by atoms with van der Waals surface area (Å²) in [5, 5.41) is 6.06. The number of hydrogen-bond donors (Lipinski definition) is 1. The van der Waals surface area contributed by atoms with E-state index in [2.05, 4.69) is 70.3 Å². The summed E-state index contributed by atoms with van der Waals surface area (Å²) in [6.45, 7) is 4.18. The first-order chi connectivity index (χ1) is 14.7. The summed E-state index contributed by atoms with van der Waals surface area (Å²) < 4.78 is 6.91. The highest BCUT2D eigenvalue weighted by atomic mass is 79.9. The van der Waals surface area contributed by atoms with E-state index in [1.54, 1.807) is 6.08 Å². The average Bonchev–Trinajstić information content (AvgIpc) is 2.77. The number of ketones is 1. The molecule has 0 radical (unpaired) electrons. The molecule has 3 nitrogen and oxygen atoms in total. The van der Waals surface area contributed by atoms with Gasteiger partial charge in [-0.1, -0.05) is 58.9 Å². The molecular formula is C26H22BrNO2. The number of hydrogen-bond acceptors (Lipinski definition) is 3. The first-order valence-corrected chi connectivity index (χ1v) is 11.0. The van der Waals surface area contributed by atoms with Crippen LogP contribution < -0.4 is 10.1 Å². The summed E-state index contributed by atoms with van der Waals surface area (Å²) in [6, 6.07) is 18.4. The van der Waals surface area contributed by atoms with Crippen LogP contribution in [-0.4, -0.2) is 12.4 Å². The molecule has 1 atom stereocenters. The lowest BCUT2D eigenvalue weighted by atomic mass is 9.76. The van der Waals surface area contributed by atoms with Crippen LogP contribution in [0.25, 0.3) is 16.3 Å². The number of rotatable bonds is 4. The molecule has 150 valence electrons. The Morgan fingerprint density at radius 1 is 1.13 bits per heavy atom. The first kappa shape index (κ1) is 19.1. The van der Waals surface area contributed by atoms with Crippen molar-refractivity contribution in [3.63, 3.8) is 0 Å². The van der Waals surface area contributed by atoms with E-state index >= 15 is 0 Å². The smallest absolute Gasteiger partial charge is 0.161 e. The molecule has 1 aliphatic heterocycles. The Balaban J connectivity index is 1.74. The van der Waals surface area contributed by atoms with Crippen molar-refractivity contribution in [3.8, 4) is 5.75 Å². The fourth-order valence-electron chi connectivity index (χ4n) is 4.66. The van der Waals surface area contributed by atoms with Crippen LogP contribution in [-0.2, 0) is 4.79 Å². The Labute approximate surface area is 184 Å². The van der Waals surface area contributed by atoms with Crippen LogP contribution in [0, 0.1) is 0 Å². The molecule has 0 bridgehead atoms. The molecule has 5 rings (SSSR count). The molecular weight excluding hydrogens is 438 g/mol. The van der Waals surface area contributed by atoms with Crippen molar-refractivity contribution in [2.24, 2.45) is 0 Å². The highest BCUT2D eigenvalue weighted by Crippen LogP contribution is 2.49. The normalized spacial score (nSPS) is 17.9. The van der Waals surface area contributed by atoms with E-state index in [-0.39, 0.29) is 11.8 Å². The summed E-state index contributed by atoms with van der Waals surface area (Å²) >= 11 is 3.59. The van der Waals surface area contributed by atoms with E-state index in [0.29, 0.717) is 13.0 Å². The Hall–Kier alpha value is -2.85. The summed E-state index contributed by atoms with van der Waals surface area (Å²) in [5.41, 5.74) is 5.27. The molecule has 0 amide bonds. The van der Waals surface area contributed by atoms with Gasteiger partial charge in [-0.15, -0.1) is 0 Å². The molecule has 0 spiro atoms. The number of allylic oxidation sites excluding steroid dienone is 1. The molecule has 1 heterocycles. The second-order valence-electron chi connectivity index (χ2n) is 7.74. The summed E-state index contributed by atoms with van der Waals surface area (Å²) in [6.07, 6.45) is 4.13. The third kappa shape index (κ3) is 3.16. The van der Waals surface area contributed by atoms with Crippen LogP contribution in [0.2, 0.25) is 0 Å². The zero-order valence-electron chi connectivity index (χ0n) is 16.6. The number of anilines is 1. The van der Waals surface area contributed by atoms with Gasteiger partial charge in [-0.3, -0.25) is 4.79 Å². The van der Waals surface area contributed by atoms with E-state index in [4.69, 9.17) is 4.74 Å². The van der Waals surface area contributed by atoms with E-state index in [9.17, 15) is 4.79 Å². The van der Waals surface area contributed by atoms with Crippen molar-refractivity contribution in [2.75, 3.05) is 11.9 Å². The maximum atomic E-state index is 13.2. The SMILES string of the molecule is C=CCOc1ccc(Br)cc1[C@H]1Nc2ccc3ccccc3c2C2=C1C(=O)CCC2. The predicted octanol–water partition coefficient (Wildman–Crippen LogP) is 6.84. The van der Waals surface area contributed by atoms with E-state index < -0.39 is 0 Å². The minimum absolute atomic E-state index is 0.224. The monoisotopic (exact) mass is 459 g/mol. The Kier molecular flexibility index (Phi) is 4.95. The Morgan fingerprint density at radius 3 is 2.87 bits per heavy atom. The van der Waals surface area contributed by atoms with Gasteiger partial charge in [-0.2, -0.15) is 0 Å². The van der Waals surface area contributed by atoms with Gasteiger partial charge in [0.05, 0.1) is 6.04 Å². The van der Waals surface area contributed by atoms with Crippen molar-refractivity contribution >= 4 is 43.7 Å². The lowest BCUT2D eigenvalue weighted by Crippen LogP contribution is -2.27. The largest absolute Gasteiger partial charge is 0.489 e. The van der Waals surface area contributed by atoms with Crippen LogP contribution in [0.15, 0.2) is 77.3 Å². The number of Topliss-reactive ketones (excluding diaryl/α,β-unsaturated/α-hetero) is 1. The average molecular weight is 460 g/mol. The van der Waals surface area contributed by atoms with Crippen molar-refractivity contribution in [1.29, 1.82) is 0 Å². The van der Waals surface area contributed by atoms with E-state index in [1.165, 1.54) is 21.9 Å². The molecule has 3 aromatic carbocycles. The third-order valence-corrected chi connectivity index (χ3v) is 6.41. The maximum absolute atomic E-state index is 13.2. The number of ether oxygens (including phenoxy) is 1. The summed E-state index contributed by atoms with van der Waals surface area (Å²) in [5.74, 6) is 0.993. The molecule has 30 heavy (non-hydrogen) atoms. The van der Waals surface area contributed by atoms with Crippen molar-refractivity contribution in [2.45, 2.75) is 25.3 Å². The molecule has 0 saturated heterocycles.